The average Bonchev–Trinajstić information content (AvgIpc) is 2.73. The maximum atomic E-state index is 12.7. The molecule has 1 N–H and O–H groups in total. The highest BCUT2D eigenvalue weighted by atomic mass is 19.4. The molecule has 0 bridgehead atoms. The van der Waals surface area contributed by atoms with E-state index >= 15 is 0 Å². The van der Waals surface area contributed by atoms with Gasteiger partial charge in [-0.25, -0.2) is 9.97 Å². The molecule has 0 fully saturated rings. The number of alkyl halides is 3. The number of hydrogen-bond donors (Lipinski definition) is 1. The molecule has 0 saturated heterocycles. The number of nitrogens with one attached hydrogen (secondary N) is 1. The summed E-state index contributed by atoms with van der Waals surface area (Å²) in [5.41, 5.74) is 1.68. The fourth-order valence-corrected chi connectivity index (χ4v) is 2.83. The van der Waals surface area contributed by atoms with Gasteiger partial charge in [0.1, 0.15) is 11.9 Å². The third-order valence-corrected chi connectivity index (χ3v) is 4.21. The van der Waals surface area contributed by atoms with Gasteiger partial charge in [-0.2, -0.15) is 18.4 Å². The molecule has 0 saturated carbocycles. The van der Waals surface area contributed by atoms with Gasteiger partial charge in [0.05, 0.1) is 16.8 Å². The second-order valence-electron chi connectivity index (χ2n) is 6.18. The van der Waals surface area contributed by atoms with Gasteiger partial charge in [-0.05, 0) is 36.4 Å². The number of aromatic nitrogens is 3. The van der Waals surface area contributed by atoms with Crippen molar-refractivity contribution >= 4 is 22.4 Å². The number of halogens is 3. The molecule has 4 rings (SSSR count). The minimum Gasteiger partial charge on any atom is -0.340 e. The first-order chi connectivity index (χ1) is 13.9. The summed E-state index contributed by atoms with van der Waals surface area (Å²) in [6, 6.07) is 17.5. The summed E-state index contributed by atoms with van der Waals surface area (Å²) in [4.78, 5) is 12.6. The molecule has 0 unspecified atom stereocenters. The van der Waals surface area contributed by atoms with E-state index in [1.807, 2.05) is 36.4 Å². The Hall–Kier alpha value is -3.99. The van der Waals surface area contributed by atoms with Crippen molar-refractivity contribution in [2.45, 2.75) is 6.18 Å². The fourth-order valence-electron chi connectivity index (χ4n) is 2.83. The highest BCUT2D eigenvalue weighted by molar-refractivity contribution is 5.83. The van der Waals surface area contributed by atoms with E-state index in [9.17, 15) is 18.4 Å². The second kappa shape index (κ2) is 7.20. The van der Waals surface area contributed by atoms with Crippen molar-refractivity contribution in [3.8, 4) is 17.3 Å². The molecule has 0 spiro atoms. The average molecular weight is 391 g/mol. The Morgan fingerprint density at radius 3 is 2.45 bits per heavy atom. The van der Waals surface area contributed by atoms with E-state index in [0.717, 1.165) is 28.6 Å². The molecule has 4 aromatic rings. The first-order valence-corrected chi connectivity index (χ1v) is 8.51. The Balaban J connectivity index is 1.69. The minimum atomic E-state index is -4.40. The number of nitriles is 1. The van der Waals surface area contributed by atoms with E-state index in [2.05, 4.69) is 20.3 Å². The van der Waals surface area contributed by atoms with Crippen molar-refractivity contribution in [2.24, 2.45) is 0 Å². The largest absolute Gasteiger partial charge is 0.416 e. The molecular weight excluding hydrogens is 379 g/mol. The lowest BCUT2D eigenvalue weighted by atomic mass is 10.1. The quantitative estimate of drug-likeness (QED) is 0.511. The van der Waals surface area contributed by atoms with Crippen molar-refractivity contribution in [3.63, 3.8) is 0 Å². The molecule has 2 aromatic heterocycles. The molecule has 142 valence electrons. The zero-order chi connectivity index (χ0) is 20.4. The van der Waals surface area contributed by atoms with Gasteiger partial charge in [-0.3, -0.25) is 4.98 Å². The van der Waals surface area contributed by atoms with Crippen LogP contribution in [0.2, 0.25) is 0 Å². The third-order valence-electron chi connectivity index (χ3n) is 4.21. The molecule has 0 amide bonds. The highest BCUT2D eigenvalue weighted by Gasteiger charge is 2.29. The van der Waals surface area contributed by atoms with E-state index in [4.69, 9.17) is 0 Å². The lowest BCUT2D eigenvalue weighted by Gasteiger charge is -2.10. The summed E-state index contributed by atoms with van der Waals surface area (Å²) >= 11 is 0. The maximum Gasteiger partial charge on any atom is 0.416 e. The predicted molar refractivity (Wildman–Crippen MR) is 102 cm³/mol. The zero-order valence-electron chi connectivity index (χ0n) is 14.8. The number of pyridine rings is 1. The van der Waals surface area contributed by atoms with Crippen LogP contribution in [-0.4, -0.2) is 15.0 Å². The molecule has 0 aliphatic rings. The highest BCUT2D eigenvalue weighted by Crippen LogP contribution is 2.30. The number of hydrogen-bond acceptors (Lipinski definition) is 5. The maximum absolute atomic E-state index is 12.7. The van der Waals surface area contributed by atoms with Gasteiger partial charge in [0.2, 0.25) is 5.82 Å². The number of benzene rings is 2. The first-order valence-electron chi connectivity index (χ1n) is 8.51. The molecule has 2 aromatic carbocycles. The number of nitrogens with zero attached hydrogens (tertiary/aromatic N) is 4. The third kappa shape index (κ3) is 3.99. The van der Waals surface area contributed by atoms with Crippen molar-refractivity contribution in [3.05, 3.63) is 78.2 Å². The van der Waals surface area contributed by atoms with E-state index in [-0.39, 0.29) is 5.82 Å². The van der Waals surface area contributed by atoms with Crippen LogP contribution in [0.3, 0.4) is 0 Å². The Morgan fingerprint density at radius 2 is 1.72 bits per heavy atom. The van der Waals surface area contributed by atoms with Gasteiger partial charge in [0.15, 0.2) is 0 Å². The van der Waals surface area contributed by atoms with Crippen molar-refractivity contribution in [2.75, 3.05) is 5.32 Å². The van der Waals surface area contributed by atoms with Gasteiger partial charge in [0.25, 0.3) is 0 Å². The molecule has 8 heteroatoms. The smallest absolute Gasteiger partial charge is 0.340 e. The Bertz CT molecular complexity index is 1230. The van der Waals surface area contributed by atoms with E-state index in [0.29, 0.717) is 17.2 Å². The molecule has 0 atom stereocenters. The van der Waals surface area contributed by atoms with Gasteiger partial charge in [-0.1, -0.05) is 18.2 Å². The molecule has 2 heterocycles. The van der Waals surface area contributed by atoms with Crippen LogP contribution in [-0.2, 0) is 6.18 Å². The van der Waals surface area contributed by atoms with Crippen molar-refractivity contribution in [1.29, 1.82) is 5.26 Å². The summed E-state index contributed by atoms with van der Waals surface area (Å²) in [5.74, 6) is 0.241. The van der Waals surface area contributed by atoms with Crippen LogP contribution in [0.4, 0.5) is 24.7 Å². The molecule has 0 aliphatic carbocycles. The normalized spacial score (nSPS) is 11.2. The lowest BCUT2D eigenvalue weighted by Crippen LogP contribution is -2.05. The standard InChI is InChI=1S/C21H12F3N5/c22-21(23,24)15-5-7-16(8-6-15)27-19-11-18(28-20(12-25)29-19)14-4-3-13-2-1-9-26-17(13)10-14/h1-11H,(H,27,28,29). The summed E-state index contributed by atoms with van der Waals surface area (Å²) in [5, 5.41) is 13.1. The Morgan fingerprint density at radius 1 is 0.931 bits per heavy atom. The van der Waals surface area contributed by atoms with Crippen LogP contribution >= 0.6 is 0 Å². The molecule has 0 aliphatic heterocycles. The Kier molecular flexibility index (Phi) is 4.56. The van der Waals surface area contributed by atoms with Crippen LogP contribution in [0, 0.1) is 11.3 Å². The minimum absolute atomic E-state index is 0.0574. The number of anilines is 2. The van der Waals surface area contributed by atoms with Crippen molar-refractivity contribution < 1.29 is 13.2 Å². The summed E-state index contributed by atoms with van der Waals surface area (Å²) < 4.78 is 38.1. The first kappa shape index (κ1) is 18.4. The lowest BCUT2D eigenvalue weighted by molar-refractivity contribution is -0.137. The van der Waals surface area contributed by atoms with Crippen LogP contribution < -0.4 is 5.32 Å². The van der Waals surface area contributed by atoms with E-state index < -0.39 is 11.7 Å². The monoisotopic (exact) mass is 391 g/mol. The van der Waals surface area contributed by atoms with Gasteiger partial charge in [0, 0.05) is 28.9 Å². The molecular formula is C21H12F3N5. The number of rotatable bonds is 3. The molecule has 0 radical (unpaired) electrons. The topological polar surface area (TPSA) is 74.5 Å². The van der Waals surface area contributed by atoms with Crippen LogP contribution in [0.1, 0.15) is 11.4 Å². The zero-order valence-corrected chi connectivity index (χ0v) is 14.8. The second-order valence-corrected chi connectivity index (χ2v) is 6.18. The SMILES string of the molecule is N#Cc1nc(Nc2ccc(C(F)(F)F)cc2)cc(-c2ccc3cccnc3c2)n1. The van der Waals surface area contributed by atoms with Crippen LogP contribution in [0.15, 0.2) is 66.9 Å². The van der Waals surface area contributed by atoms with Gasteiger partial charge in [-0.15, -0.1) is 0 Å². The van der Waals surface area contributed by atoms with Crippen molar-refractivity contribution in [1.82, 2.24) is 15.0 Å². The van der Waals surface area contributed by atoms with E-state index in [1.165, 1.54) is 12.1 Å². The summed E-state index contributed by atoms with van der Waals surface area (Å²) in [7, 11) is 0. The number of fused-ring (bicyclic) bond motifs is 1. The Labute approximate surface area is 163 Å². The van der Waals surface area contributed by atoms with Crippen LogP contribution in [0.5, 0.6) is 0 Å². The molecule has 5 nitrogen and oxygen atoms in total. The van der Waals surface area contributed by atoms with Gasteiger partial charge < -0.3 is 5.32 Å². The summed E-state index contributed by atoms with van der Waals surface area (Å²) in [6.07, 6.45) is -2.72. The van der Waals surface area contributed by atoms with E-state index in [1.54, 1.807) is 12.3 Å². The fraction of sp³-hybridized carbons (Fsp3) is 0.0476. The van der Waals surface area contributed by atoms with Gasteiger partial charge >= 0.3 is 6.18 Å². The predicted octanol–water partition coefficient (Wildman–Crippen LogP) is 5.33. The molecule has 29 heavy (non-hydrogen) atoms. The summed E-state index contributed by atoms with van der Waals surface area (Å²) in [6.45, 7) is 0. The van der Waals surface area contributed by atoms with Crippen LogP contribution in [0.25, 0.3) is 22.2 Å².